The van der Waals surface area contributed by atoms with Gasteiger partial charge in [0.15, 0.2) is 6.10 Å². The first-order valence-electron chi connectivity index (χ1n) is 13.6. The summed E-state index contributed by atoms with van der Waals surface area (Å²) in [5.74, 6) is -3.13. The Balaban J connectivity index is 1.56. The number of amides is 2. The molecule has 45 heavy (non-hydrogen) atoms. The largest absolute Gasteiger partial charge is 0.394 e. The first kappa shape index (κ1) is 33.4. The fourth-order valence-electron chi connectivity index (χ4n) is 5.70. The number of ether oxygens (including phenoxy) is 2. The Labute approximate surface area is 270 Å². The van der Waals surface area contributed by atoms with Crippen LogP contribution in [-0.4, -0.2) is 110 Å². The Bertz CT molecular complexity index is 1560. The highest BCUT2D eigenvalue weighted by atomic mass is 35.5. The van der Waals surface area contributed by atoms with Crippen LogP contribution in [0.4, 0.5) is 14.5 Å². The van der Waals surface area contributed by atoms with Gasteiger partial charge in [0.2, 0.25) is 5.91 Å². The summed E-state index contributed by atoms with van der Waals surface area (Å²) in [7, 11) is 1.26. The molecule has 0 bridgehead atoms. The van der Waals surface area contributed by atoms with Gasteiger partial charge < -0.3 is 34.6 Å². The number of hydrogen-bond acceptors (Lipinski definition) is 9. The fourth-order valence-corrected chi connectivity index (χ4v) is 6.32. The van der Waals surface area contributed by atoms with Crippen molar-refractivity contribution in [1.82, 2.24) is 19.9 Å². The molecule has 2 amide bonds. The number of aliphatic hydroxyl groups excluding tert-OH is 3. The summed E-state index contributed by atoms with van der Waals surface area (Å²) in [5, 5.41) is 40.0. The van der Waals surface area contributed by atoms with Crippen LogP contribution in [0.2, 0.25) is 15.1 Å². The molecule has 2 aromatic carbocycles. The zero-order valence-electron chi connectivity index (χ0n) is 23.7. The Kier molecular flexibility index (Phi) is 9.96. The van der Waals surface area contributed by atoms with Gasteiger partial charge in [-0.2, -0.15) is 0 Å². The van der Waals surface area contributed by atoms with Crippen LogP contribution in [0.15, 0.2) is 36.5 Å². The van der Waals surface area contributed by atoms with E-state index in [-0.39, 0.29) is 46.0 Å². The van der Waals surface area contributed by atoms with Crippen molar-refractivity contribution in [3.8, 4) is 11.3 Å². The highest BCUT2D eigenvalue weighted by Crippen LogP contribution is 2.37. The summed E-state index contributed by atoms with van der Waals surface area (Å²) in [6.07, 6.45) is -5.55. The van der Waals surface area contributed by atoms with Gasteiger partial charge in [-0.05, 0) is 30.3 Å². The highest BCUT2D eigenvalue weighted by Gasteiger charge is 2.52. The minimum absolute atomic E-state index is 0.00300. The standard InChI is InChI=1S/C28H28Cl3F2N5O7/c1-12(40)36-9-20(21(41)10-36)38(16-6-14(29)5-15(30)7-16)28(43)27-26(44-2)24(25(42)22(11-39)45-27)37-8-19(34-35-37)13-3-17(32)23(31)18(33)4-13/h3-8,20-22,24-27,39,41-42H,9-11H2,1-2H3/t20-,21-,22?,24?,25?,26?,27?/m1/s1. The van der Waals surface area contributed by atoms with Crippen LogP contribution in [0.3, 0.4) is 0 Å². The molecule has 12 nitrogen and oxygen atoms in total. The summed E-state index contributed by atoms with van der Waals surface area (Å²) in [6, 6.07) is 4.08. The summed E-state index contributed by atoms with van der Waals surface area (Å²) in [4.78, 5) is 29.2. The SMILES string of the molecule is COC1C(C(=O)N(c2cc(Cl)cc(Cl)c2)[C@@H]2CN(C(C)=O)C[C@H]2O)OC(CO)C(O)C1n1cc(-c2cc(F)c(Cl)c(F)c2)nn1. The number of hydrogen-bond donors (Lipinski definition) is 3. The lowest BCUT2D eigenvalue weighted by atomic mass is 9.91. The third-order valence-electron chi connectivity index (χ3n) is 7.88. The van der Waals surface area contributed by atoms with Crippen molar-refractivity contribution in [2.75, 3.05) is 31.7 Å². The summed E-state index contributed by atoms with van der Waals surface area (Å²) >= 11 is 18.1. The molecule has 3 aromatic rings. The van der Waals surface area contributed by atoms with Gasteiger partial charge >= 0.3 is 0 Å². The summed E-state index contributed by atoms with van der Waals surface area (Å²) < 4.78 is 41.1. The molecule has 0 saturated carbocycles. The number of rotatable bonds is 7. The van der Waals surface area contributed by atoms with Crippen molar-refractivity contribution >= 4 is 52.3 Å². The Hall–Kier alpha value is -2.95. The number of likely N-dealkylation sites (tertiary alicyclic amines) is 1. The van der Waals surface area contributed by atoms with E-state index in [0.29, 0.717) is 0 Å². The molecule has 0 aliphatic carbocycles. The number of methoxy groups -OCH3 is 1. The molecule has 5 unspecified atom stereocenters. The minimum atomic E-state index is -1.53. The van der Waals surface area contributed by atoms with Gasteiger partial charge in [-0.1, -0.05) is 40.0 Å². The van der Waals surface area contributed by atoms with E-state index in [9.17, 15) is 33.7 Å². The van der Waals surface area contributed by atoms with Crippen molar-refractivity contribution in [2.24, 2.45) is 0 Å². The van der Waals surface area contributed by atoms with Crippen LogP contribution in [0, 0.1) is 11.6 Å². The molecule has 5 rings (SSSR count). The van der Waals surface area contributed by atoms with Crippen LogP contribution in [0.1, 0.15) is 13.0 Å². The zero-order chi connectivity index (χ0) is 32.7. The van der Waals surface area contributed by atoms with Crippen molar-refractivity contribution in [1.29, 1.82) is 0 Å². The van der Waals surface area contributed by atoms with E-state index < -0.39 is 71.8 Å². The number of aliphatic hydroxyl groups is 3. The van der Waals surface area contributed by atoms with Gasteiger partial charge in [0.1, 0.15) is 46.7 Å². The van der Waals surface area contributed by atoms with Crippen LogP contribution >= 0.6 is 34.8 Å². The van der Waals surface area contributed by atoms with Crippen LogP contribution in [-0.2, 0) is 19.1 Å². The first-order chi connectivity index (χ1) is 21.3. The molecule has 3 N–H and O–H groups in total. The number of β-amino-alcohol motifs (C(OH)–C–C–N with tert-alkyl or cyclic N) is 1. The van der Waals surface area contributed by atoms with Crippen molar-refractivity contribution in [3.63, 3.8) is 0 Å². The Morgan fingerprint density at radius 1 is 1.09 bits per heavy atom. The molecule has 7 atom stereocenters. The highest BCUT2D eigenvalue weighted by molar-refractivity contribution is 6.35. The maximum absolute atomic E-state index is 14.5. The molecular formula is C28H28Cl3F2N5O7. The number of carbonyl (C=O) groups is 2. The van der Waals surface area contributed by atoms with Crippen LogP contribution in [0.5, 0.6) is 0 Å². The average molecular weight is 691 g/mol. The van der Waals surface area contributed by atoms with E-state index >= 15 is 0 Å². The maximum Gasteiger partial charge on any atom is 0.259 e. The minimum Gasteiger partial charge on any atom is -0.394 e. The topological polar surface area (TPSA) is 150 Å². The lowest BCUT2D eigenvalue weighted by Gasteiger charge is -2.45. The van der Waals surface area contributed by atoms with Gasteiger partial charge in [-0.3, -0.25) is 9.59 Å². The van der Waals surface area contributed by atoms with Crippen molar-refractivity contribution in [2.45, 2.75) is 49.5 Å². The van der Waals surface area contributed by atoms with Gasteiger partial charge in [-0.15, -0.1) is 5.10 Å². The second-order valence-electron chi connectivity index (χ2n) is 10.7. The average Bonchev–Trinajstić information content (AvgIpc) is 3.62. The van der Waals surface area contributed by atoms with Gasteiger partial charge in [0.25, 0.3) is 5.91 Å². The van der Waals surface area contributed by atoms with Crippen molar-refractivity contribution < 1.29 is 43.2 Å². The number of anilines is 1. The quantitative estimate of drug-likeness (QED) is 0.318. The number of carbonyl (C=O) groups excluding carboxylic acids is 2. The van der Waals surface area contributed by atoms with E-state index in [0.717, 1.165) is 16.8 Å². The molecule has 242 valence electrons. The lowest BCUT2D eigenvalue weighted by Crippen LogP contribution is -2.63. The Morgan fingerprint density at radius 3 is 2.29 bits per heavy atom. The van der Waals surface area contributed by atoms with Gasteiger partial charge in [0, 0.05) is 48.4 Å². The number of benzene rings is 2. The molecule has 2 aliphatic rings. The van der Waals surface area contributed by atoms with E-state index in [2.05, 4.69) is 10.3 Å². The number of nitrogens with zero attached hydrogens (tertiary/aromatic N) is 5. The van der Waals surface area contributed by atoms with E-state index in [1.54, 1.807) is 0 Å². The predicted octanol–water partition coefficient (Wildman–Crippen LogP) is 2.49. The summed E-state index contributed by atoms with van der Waals surface area (Å²) in [6.45, 7) is 0.526. The second-order valence-corrected chi connectivity index (χ2v) is 11.9. The lowest BCUT2D eigenvalue weighted by molar-refractivity contribution is -0.211. The predicted molar refractivity (Wildman–Crippen MR) is 158 cm³/mol. The molecule has 2 fully saturated rings. The van der Waals surface area contributed by atoms with Crippen LogP contribution < -0.4 is 4.90 Å². The second kappa shape index (κ2) is 13.4. The fraction of sp³-hybridized carbons (Fsp3) is 0.429. The molecule has 2 saturated heterocycles. The molecule has 2 aliphatic heterocycles. The molecular weight excluding hydrogens is 663 g/mol. The van der Waals surface area contributed by atoms with Gasteiger partial charge in [0.05, 0.1) is 24.9 Å². The third-order valence-corrected chi connectivity index (χ3v) is 8.67. The van der Waals surface area contributed by atoms with E-state index in [1.807, 2.05) is 0 Å². The third kappa shape index (κ3) is 6.51. The molecule has 0 spiro atoms. The molecule has 3 heterocycles. The van der Waals surface area contributed by atoms with Crippen molar-refractivity contribution in [3.05, 3.63) is 63.2 Å². The smallest absolute Gasteiger partial charge is 0.259 e. The first-order valence-corrected chi connectivity index (χ1v) is 14.7. The Morgan fingerprint density at radius 2 is 1.73 bits per heavy atom. The van der Waals surface area contributed by atoms with E-state index in [1.165, 1.54) is 48.2 Å². The zero-order valence-corrected chi connectivity index (χ0v) is 26.0. The normalized spacial score (nSPS) is 26.7. The van der Waals surface area contributed by atoms with Gasteiger partial charge in [-0.25, -0.2) is 13.5 Å². The molecule has 17 heteroatoms. The monoisotopic (exact) mass is 689 g/mol. The van der Waals surface area contributed by atoms with Crippen LogP contribution in [0.25, 0.3) is 11.3 Å². The molecule has 1 aromatic heterocycles. The number of halogens is 5. The summed E-state index contributed by atoms with van der Waals surface area (Å²) in [5.41, 5.74) is 0.190. The maximum atomic E-state index is 14.5. The number of aromatic nitrogens is 3. The molecule has 0 radical (unpaired) electrons. The van der Waals surface area contributed by atoms with E-state index in [4.69, 9.17) is 44.3 Å².